The van der Waals surface area contributed by atoms with Gasteiger partial charge in [0.2, 0.25) is 0 Å². The zero-order chi connectivity index (χ0) is 12.3. The van der Waals surface area contributed by atoms with Crippen molar-refractivity contribution in [2.45, 2.75) is 6.61 Å². The molecule has 1 rings (SSSR count). The molecule has 0 saturated heterocycles. The molecule has 1 aromatic carbocycles. The third-order valence-electron chi connectivity index (χ3n) is 1.66. The fourth-order valence-corrected chi connectivity index (χ4v) is 1.31. The van der Waals surface area contributed by atoms with Crippen molar-refractivity contribution in [3.63, 3.8) is 0 Å². The van der Waals surface area contributed by atoms with Crippen molar-refractivity contribution in [2.75, 3.05) is 5.33 Å². The average Bonchev–Trinajstić information content (AvgIpc) is 2.21. The standard InChI is InChI=1S/C9H5BrF4O2/c10-3-7(15)4-1-5(11)6(12)2-8(4)16-9(13)14/h1-2,9H,3H2. The Labute approximate surface area is 96.3 Å². The molecule has 0 atom stereocenters. The normalized spacial score (nSPS) is 10.6. The number of Topliss-reactive ketones (excluding diaryl/α,β-unsaturated/α-hetero) is 1. The summed E-state index contributed by atoms with van der Waals surface area (Å²) in [6.07, 6.45) is 0. The molecule has 0 aliphatic carbocycles. The van der Waals surface area contributed by atoms with Crippen LogP contribution in [0.4, 0.5) is 17.6 Å². The summed E-state index contributed by atoms with van der Waals surface area (Å²) in [4.78, 5) is 11.2. The summed E-state index contributed by atoms with van der Waals surface area (Å²) >= 11 is 2.79. The summed E-state index contributed by atoms with van der Waals surface area (Å²) < 4.78 is 53.4. The number of carbonyl (C=O) groups excluding carboxylic acids is 1. The van der Waals surface area contributed by atoms with Crippen molar-refractivity contribution >= 4 is 21.7 Å². The Kier molecular flexibility index (Phi) is 4.28. The van der Waals surface area contributed by atoms with Gasteiger partial charge >= 0.3 is 6.61 Å². The Morgan fingerprint density at radius 2 is 1.88 bits per heavy atom. The molecule has 0 amide bonds. The summed E-state index contributed by atoms with van der Waals surface area (Å²) in [7, 11) is 0. The van der Waals surface area contributed by atoms with Gasteiger partial charge in [-0.05, 0) is 6.07 Å². The van der Waals surface area contributed by atoms with Gasteiger partial charge in [-0.15, -0.1) is 0 Å². The van der Waals surface area contributed by atoms with Crippen molar-refractivity contribution in [2.24, 2.45) is 0 Å². The Balaban J connectivity index is 3.21. The fourth-order valence-electron chi connectivity index (χ4n) is 1.01. The maximum atomic E-state index is 12.8. The fraction of sp³-hybridized carbons (Fsp3) is 0.222. The van der Waals surface area contributed by atoms with E-state index in [1.807, 2.05) is 0 Å². The molecule has 2 nitrogen and oxygen atoms in total. The van der Waals surface area contributed by atoms with Crippen LogP contribution in [0.15, 0.2) is 12.1 Å². The first-order chi connectivity index (χ1) is 7.45. The topological polar surface area (TPSA) is 26.3 Å². The molecular formula is C9H5BrF4O2. The first-order valence-corrected chi connectivity index (χ1v) is 5.11. The molecule has 16 heavy (non-hydrogen) atoms. The molecule has 88 valence electrons. The van der Waals surface area contributed by atoms with Crippen molar-refractivity contribution in [1.82, 2.24) is 0 Å². The zero-order valence-electron chi connectivity index (χ0n) is 7.65. The second kappa shape index (κ2) is 5.29. The minimum absolute atomic E-state index is 0.211. The van der Waals surface area contributed by atoms with Gasteiger partial charge in [0.15, 0.2) is 17.4 Å². The largest absolute Gasteiger partial charge is 0.434 e. The van der Waals surface area contributed by atoms with E-state index in [1.165, 1.54) is 0 Å². The molecule has 0 spiro atoms. The molecule has 7 heteroatoms. The Bertz CT molecular complexity index is 409. The van der Waals surface area contributed by atoms with Crippen LogP contribution < -0.4 is 4.74 Å². The summed E-state index contributed by atoms with van der Waals surface area (Å²) in [5.74, 6) is -4.03. The van der Waals surface area contributed by atoms with Crippen LogP contribution in [-0.4, -0.2) is 17.7 Å². The van der Waals surface area contributed by atoms with Crippen LogP contribution in [0.25, 0.3) is 0 Å². The second-order valence-corrected chi connectivity index (χ2v) is 3.26. The lowest BCUT2D eigenvalue weighted by Gasteiger charge is -2.09. The molecule has 0 bridgehead atoms. The van der Waals surface area contributed by atoms with E-state index in [-0.39, 0.29) is 5.33 Å². The number of benzene rings is 1. The van der Waals surface area contributed by atoms with Crippen molar-refractivity contribution < 1.29 is 27.1 Å². The number of ketones is 1. The average molecular weight is 301 g/mol. The molecule has 0 heterocycles. The number of halogens is 5. The minimum atomic E-state index is -3.22. The first-order valence-electron chi connectivity index (χ1n) is 3.98. The van der Waals surface area contributed by atoms with Crippen LogP contribution in [0.3, 0.4) is 0 Å². The summed E-state index contributed by atoms with van der Waals surface area (Å²) in [5, 5.41) is -0.211. The van der Waals surface area contributed by atoms with Gasteiger partial charge in [-0.1, -0.05) is 15.9 Å². The van der Waals surface area contributed by atoms with Gasteiger partial charge in [0.25, 0.3) is 0 Å². The number of hydrogen-bond donors (Lipinski definition) is 0. The number of rotatable bonds is 4. The van der Waals surface area contributed by atoms with E-state index in [0.717, 1.165) is 0 Å². The molecule has 0 aromatic heterocycles. The number of hydrogen-bond acceptors (Lipinski definition) is 2. The highest BCUT2D eigenvalue weighted by molar-refractivity contribution is 9.09. The van der Waals surface area contributed by atoms with Crippen LogP contribution in [-0.2, 0) is 0 Å². The van der Waals surface area contributed by atoms with Crippen LogP contribution >= 0.6 is 15.9 Å². The summed E-state index contributed by atoms with van der Waals surface area (Å²) in [6, 6.07) is 0.939. The third kappa shape index (κ3) is 2.94. The van der Waals surface area contributed by atoms with E-state index in [2.05, 4.69) is 20.7 Å². The van der Waals surface area contributed by atoms with E-state index < -0.39 is 35.3 Å². The van der Waals surface area contributed by atoms with E-state index in [4.69, 9.17) is 0 Å². The van der Waals surface area contributed by atoms with Gasteiger partial charge in [-0.2, -0.15) is 8.78 Å². The summed E-state index contributed by atoms with van der Waals surface area (Å²) in [6.45, 7) is -3.22. The predicted molar refractivity (Wildman–Crippen MR) is 51.1 cm³/mol. The maximum Gasteiger partial charge on any atom is 0.387 e. The van der Waals surface area contributed by atoms with E-state index in [0.29, 0.717) is 12.1 Å². The monoisotopic (exact) mass is 300 g/mol. The lowest BCUT2D eigenvalue weighted by atomic mass is 10.1. The Hall–Kier alpha value is -1.11. The van der Waals surface area contributed by atoms with Crippen molar-refractivity contribution in [3.8, 4) is 5.75 Å². The second-order valence-electron chi connectivity index (χ2n) is 2.70. The van der Waals surface area contributed by atoms with E-state index >= 15 is 0 Å². The van der Waals surface area contributed by atoms with Gasteiger partial charge in [-0.25, -0.2) is 8.78 Å². The quantitative estimate of drug-likeness (QED) is 0.485. The molecular weight excluding hydrogens is 296 g/mol. The Morgan fingerprint density at radius 3 is 2.38 bits per heavy atom. The van der Waals surface area contributed by atoms with Gasteiger partial charge in [-0.3, -0.25) is 4.79 Å². The molecule has 0 aliphatic heterocycles. The van der Waals surface area contributed by atoms with Crippen LogP contribution in [0.1, 0.15) is 10.4 Å². The lowest BCUT2D eigenvalue weighted by Crippen LogP contribution is -2.10. The number of alkyl halides is 3. The lowest BCUT2D eigenvalue weighted by molar-refractivity contribution is -0.0503. The van der Waals surface area contributed by atoms with Gasteiger partial charge < -0.3 is 4.74 Å². The van der Waals surface area contributed by atoms with E-state index in [9.17, 15) is 22.4 Å². The minimum Gasteiger partial charge on any atom is -0.434 e. The molecule has 0 unspecified atom stereocenters. The maximum absolute atomic E-state index is 12.8. The van der Waals surface area contributed by atoms with Crippen LogP contribution in [0.2, 0.25) is 0 Å². The molecule has 0 saturated carbocycles. The van der Waals surface area contributed by atoms with Gasteiger partial charge in [0.05, 0.1) is 10.9 Å². The summed E-state index contributed by atoms with van der Waals surface area (Å²) in [5.41, 5.74) is -0.434. The highest BCUT2D eigenvalue weighted by Crippen LogP contribution is 2.25. The molecule has 0 N–H and O–H groups in total. The van der Waals surface area contributed by atoms with Gasteiger partial charge in [0, 0.05) is 6.07 Å². The Morgan fingerprint density at radius 1 is 1.31 bits per heavy atom. The number of carbonyl (C=O) groups is 1. The van der Waals surface area contributed by atoms with Crippen LogP contribution in [0.5, 0.6) is 5.75 Å². The van der Waals surface area contributed by atoms with Crippen molar-refractivity contribution in [3.05, 3.63) is 29.3 Å². The molecule has 1 aromatic rings. The van der Waals surface area contributed by atoms with Crippen molar-refractivity contribution in [1.29, 1.82) is 0 Å². The first kappa shape index (κ1) is 13.0. The smallest absolute Gasteiger partial charge is 0.387 e. The molecule has 0 fully saturated rings. The zero-order valence-corrected chi connectivity index (χ0v) is 9.23. The van der Waals surface area contributed by atoms with Gasteiger partial charge in [0.1, 0.15) is 5.75 Å². The van der Waals surface area contributed by atoms with Crippen LogP contribution in [0, 0.1) is 11.6 Å². The molecule has 0 radical (unpaired) electrons. The predicted octanol–water partition coefficient (Wildman–Crippen LogP) is 3.14. The molecule has 0 aliphatic rings. The highest BCUT2D eigenvalue weighted by Gasteiger charge is 2.18. The van der Waals surface area contributed by atoms with E-state index in [1.54, 1.807) is 0 Å². The third-order valence-corrected chi connectivity index (χ3v) is 2.17. The number of ether oxygens (including phenoxy) is 1. The SMILES string of the molecule is O=C(CBr)c1cc(F)c(F)cc1OC(F)F. The highest BCUT2D eigenvalue weighted by atomic mass is 79.9.